The summed E-state index contributed by atoms with van der Waals surface area (Å²) in [4.78, 5) is 24.8. The van der Waals surface area contributed by atoms with E-state index in [1.165, 1.54) is 0 Å². The lowest BCUT2D eigenvalue weighted by Gasteiger charge is -2.23. The standard InChI is InChI=1S/C16H18N4O/c1-19(12-13-11-17-8-9-18-13)15-7-10-20(16(15)21)14-5-3-2-4-6-14/h2-6,8-9,11,15H,7,10,12H2,1H3/t15-/m1/s1. The molecule has 0 saturated carbocycles. The van der Waals surface area contributed by atoms with Crippen LogP contribution in [-0.4, -0.2) is 40.4 Å². The van der Waals surface area contributed by atoms with Crippen molar-refractivity contribution in [2.24, 2.45) is 0 Å². The molecule has 21 heavy (non-hydrogen) atoms. The van der Waals surface area contributed by atoms with Crippen molar-refractivity contribution in [1.82, 2.24) is 14.9 Å². The number of anilines is 1. The van der Waals surface area contributed by atoms with E-state index in [2.05, 4.69) is 14.9 Å². The number of hydrogen-bond acceptors (Lipinski definition) is 4. The van der Waals surface area contributed by atoms with Crippen LogP contribution in [0.25, 0.3) is 0 Å². The van der Waals surface area contributed by atoms with E-state index in [-0.39, 0.29) is 11.9 Å². The molecule has 5 heteroatoms. The van der Waals surface area contributed by atoms with Crippen molar-refractivity contribution in [2.45, 2.75) is 19.0 Å². The SMILES string of the molecule is CN(Cc1cnccn1)[C@@H]1CCN(c2ccccc2)C1=O. The maximum Gasteiger partial charge on any atom is 0.244 e. The summed E-state index contributed by atoms with van der Waals surface area (Å²) >= 11 is 0. The number of hydrogen-bond donors (Lipinski definition) is 0. The molecule has 1 saturated heterocycles. The van der Waals surface area contributed by atoms with Gasteiger partial charge in [0.2, 0.25) is 5.91 Å². The molecule has 1 amide bonds. The van der Waals surface area contributed by atoms with Crippen LogP contribution in [0.5, 0.6) is 0 Å². The molecule has 2 heterocycles. The Bertz CT molecular complexity index is 602. The highest BCUT2D eigenvalue weighted by atomic mass is 16.2. The summed E-state index contributed by atoms with van der Waals surface area (Å²) in [5.41, 5.74) is 1.85. The van der Waals surface area contributed by atoms with Crippen molar-refractivity contribution < 1.29 is 4.79 Å². The van der Waals surface area contributed by atoms with Gasteiger partial charge in [0.1, 0.15) is 0 Å². The molecule has 0 unspecified atom stereocenters. The number of likely N-dealkylation sites (N-methyl/N-ethyl adjacent to an activating group) is 1. The first-order valence-corrected chi connectivity index (χ1v) is 7.07. The summed E-state index contributed by atoms with van der Waals surface area (Å²) in [5.74, 6) is 0.160. The van der Waals surface area contributed by atoms with Crippen molar-refractivity contribution >= 4 is 11.6 Å². The second kappa shape index (κ2) is 6.01. The van der Waals surface area contributed by atoms with Gasteiger partial charge in [0.15, 0.2) is 0 Å². The second-order valence-corrected chi connectivity index (χ2v) is 5.24. The average molecular weight is 282 g/mol. The molecular weight excluding hydrogens is 264 g/mol. The maximum atomic E-state index is 12.6. The molecule has 1 aromatic heterocycles. The zero-order chi connectivity index (χ0) is 14.7. The summed E-state index contributed by atoms with van der Waals surface area (Å²) in [7, 11) is 1.96. The largest absolute Gasteiger partial charge is 0.311 e. The number of amides is 1. The number of aromatic nitrogens is 2. The minimum absolute atomic E-state index is 0.0905. The molecule has 0 radical (unpaired) electrons. The molecule has 1 fully saturated rings. The summed E-state index contributed by atoms with van der Waals surface area (Å²) < 4.78 is 0. The third-order valence-corrected chi connectivity index (χ3v) is 3.81. The van der Waals surface area contributed by atoms with Crippen LogP contribution >= 0.6 is 0 Å². The number of carbonyl (C=O) groups excluding carboxylic acids is 1. The Kier molecular flexibility index (Phi) is 3.92. The van der Waals surface area contributed by atoms with E-state index < -0.39 is 0 Å². The molecule has 1 aliphatic rings. The monoisotopic (exact) mass is 282 g/mol. The normalized spacial score (nSPS) is 18.5. The molecule has 2 aromatic rings. The highest BCUT2D eigenvalue weighted by molar-refractivity contribution is 5.99. The van der Waals surface area contributed by atoms with E-state index >= 15 is 0 Å². The fraction of sp³-hybridized carbons (Fsp3) is 0.312. The Morgan fingerprint density at radius 3 is 2.81 bits per heavy atom. The number of benzene rings is 1. The summed E-state index contributed by atoms with van der Waals surface area (Å²) in [6, 6.07) is 9.73. The fourth-order valence-corrected chi connectivity index (χ4v) is 2.72. The highest BCUT2D eigenvalue weighted by Gasteiger charge is 2.35. The molecule has 1 aliphatic heterocycles. The van der Waals surface area contributed by atoms with Crippen LogP contribution in [0, 0.1) is 0 Å². The highest BCUT2D eigenvalue weighted by Crippen LogP contribution is 2.24. The molecule has 0 bridgehead atoms. The zero-order valence-corrected chi connectivity index (χ0v) is 12.0. The molecule has 1 aromatic carbocycles. The Morgan fingerprint density at radius 1 is 1.29 bits per heavy atom. The van der Waals surface area contributed by atoms with Crippen molar-refractivity contribution in [2.75, 3.05) is 18.5 Å². The van der Waals surface area contributed by atoms with Gasteiger partial charge in [0, 0.05) is 37.4 Å². The number of nitrogens with zero attached hydrogens (tertiary/aromatic N) is 4. The van der Waals surface area contributed by atoms with Crippen LogP contribution < -0.4 is 4.90 Å². The van der Waals surface area contributed by atoms with Gasteiger partial charge < -0.3 is 4.90 Å². The topological polar surface area (TPSA) is 49.3 Å². The predicted molar refractivity (Wildman–Crippen MR) is 80.7 cm³/mol. The van der Waals surface area contributed by atoms with Gasteiger partial charge in [-0.3, -0.25) is 19.7 Å². The first-order chi connectivity index (χ1) is 10.3. The van der Waals surface area contributed by atoms with Crippen LogP contribution in [-0.2, 0) is 11.3 Å². The van der Waals surface area contributed by atoms with E-state index in [0.717, 1.165) is 24.3 Å². The Balaban J connectivity index is 1.69. The maximum absolute atomic E-state index is 12.6. The Morgan fingerprint density at radius 2 is 2.10 bits per heavy atom. The van der Waals surface area contributed by atoms with Crippen LogP contribution in [0.4, 0.5) is 5.69 Å². The summed E-state index contributed by atoms with van der Waals surface area (Å²) in [5, 5.41) is 0. The number of carbonyl (C=O) groups is 1. The number of rotatable bonds is 4. The average Bonchev–Trinajstić information content (AvgIpc) is 2.91. The van der Waals surface area contributed by atoms with Crippen LogP contribution in [0.15, 0.2) is 48.9 Å². The molecule has 1 atom stereocenters. The summed E-state index contributed by atoms with van der Waals surface area (Å²) in [6.07, 6.45) is 5.91. The van der Waals surface area contributed by atoms with Gasteiger partial charge in [-0.05, 0) is 25.6 Å². The number of para-hydroxylation sites is 1. The molecule has 0 aliphatic carbocycles. The lowest BCUT2D eigenvalue weighted by atomic mass is 10.2. The third kappa shape index (κ3) is 2.92. The molecule has 0 N–H and O–H groups in total. The van der Waals surface area contributed by atoms with Gasteiger partial charge in [-0.25, -0.2) is 0 Å². The van der Waals surface area contributed by atoms with Crippen LogP contribution in [0.1, 0.15) is 12.1 Å². The molecule has 0 spiro atoms. The zero-order valence-electron chi connectivity index (χ0n) is 12.0. The lowest BCUT2D eigenvalue weighted by molar-refractivity contribution is -0.121. The molecule has 3 rings (SSSR count). The second-order valence-electron chi connectivity index (χ2n) is 5.24. The Hall–Kier alpha value is -2.27. The van der Waals surface area contributed by atoms with Gasteiger partial charge in [0.05, 0.1) is 11.7 Å². The van der Waals surface area contributed by atoms with E-state index in [4.69, 9.17) is 0 Å². The van der Waals surface area contributed by atoms with E-state index in [9.17, 15) is 4.79 Å². The fourth-order valence-electron chi connectivity index (χ4n) is 2.72. The van der Waals surface area contributed by atoms with Crippen molar-refractivity contribution in [3.63, 3.8) is 0 Å². The quantitative estimate of drug-likeness (QED) is 0.856. The van der Waals surface area contributed by atoms with Gasteiger partial charge in [-0.2, -0.15) is 0 Å². The molecular formula is C16H18N4O. The van der Waals surface area contributed by atoms with Crippen molar-refractivity contribution in [1.29, 1.82) is 0 Å². The van der Waals surface area contributed by atoms with Gasteiger partial charge in [0.25, 0.3) is 0 Å². The molecule has 108 valence electrons. The van der Waals surface area contributed by atoms with Crippen LogP contribution in [0.3, 0.4) is 0 Å². The predicted octanol–water partition coefficient (Wildman–Crippen LogP) is 1.71. The lowest BCUT2D eigenvalue weighted by Crippen LogP contribution is -2.39. The third-order valence-electron chi connectivity index (χ3n) is 3.81. The van der Waals surface area contributed by atoms with Crippen LogP contribution in [0.2, 0.25) is 0 Å². The Labute approximate surface area is 124 Å². The van der Waals surface area contributed by atoms with E-state index in [0.29, 0.717) is 6.54 Å². The van der Waals surface area contributed by atoms with Gasteiger partial charge in [-0.1, -0.05) is 18.2 Å². The minimum atomic E-state index is -0.0905. The minimum Gasteiger partial charge on any atom is -0.311 e. The smallest absolute Gasteiger partial charge is 0.244 e. The molecule has 5 nitrogen and oxygen atoms in total. The summed E-state index contributed by atoms with van der Waals surface area (Å²) in [6.45, 7) is 1.39. The first-order valence-electron chi connectivity index (χ1n) is 7.07. The van der Waals surface area contributed by atoms with E-state index in [1.54, 1.807) is 18.6 Å². The van der Waals surface area contributed by atoms with Gasteiger partial charge >= 0.3 is 0 Å². The van der Waals surface area contributed by atoms with Gasteiger partial charge in [-0.15, -0.1) is 0 Å². The van der Waals surface area contributed by atoms with Crippen molar-refractivity contribution in [3.8, 4) is 0 Å². The van der Waals surface area contributed by atoms with E-state index in [1.807, 2.05) is 42.3 Å². The van der Waals surface area contributed by atoms with Crippen molar-refractivity contribution in [3.05, 3.63) is 54.6 Å². The first kappa shape index (κ1) is 13.7.